The van der Waals surface area contributed by atoms with Gasteiger partial charge in [-0.1, -0.05) is 30.3 Å². The molecule has 0 N–H and O–H groups in total. The Hall–Kier alpha value is -2.25. The third-order valence-electron chi connectivity index (χ3n) is 2.91. The summed E-state index contributed by atoms with van der Waals surface area (Å²) in [4.78, 5) is 0. The molecule has 3 nitrogen and oxygen atoms in total. The van der Waals surface area contributed by atoms with Crippen LogP contribution in [-0.2, 0) is 6.61 Å². The van der Waals surface area contributed by atoms with Gasteiger partial charge in [0.15, 0.2) is 11.5 Å². The van der Waals surface area contributed by atoms with Gasteiger partial charge in [-0.3, -0.25) is 0 Å². The molecule has 0 saturated heterocycles. The van der Waals surface area contributed by atoms with Crippen LogP contribution in [0.5, 0.6) is 11.5 Å². The van der Waals surface area contributed by atoms with Gasteiger partial charge < -0.3 is 9.47 Å². The van der Waals surface area contributed by atoms with Gasteiger partial charge >= 0.3 is 0 Å². The molecule has 4 heteroatoms. The second kappa shape index (κ2) is 8.26. The average Bonchev–Trinajstić information content (AvgIpc) is 2.53. The van der Waals surface area contributed by atoms with E-state index in [-0.39, 0.29) is 0 Å². The first kappa shape index (κ1) is 16.1. The maximum Gasteiger partial charge on any atom is 0.175 e. The van der Waals surface area contributed by atoms with E-state index in [0.29, 0.717) is 24.7 Å². The zero-order valence-corrected chi connectivity index (χ0v) is 13.8. The Labute approximate surface area is 138 Å². The van der Waals surface area contributed by atoms with Crippen LogP contribution in [-0.4, -0.2) is 6.61 Å². The summed E-state index contributed by atoms with van der Waals surface area (Å²) in [6.07, 6.45) is 3.16. The van der Waals surface area contributed by atoms with E-state index in [0.717, 1.165) is 15.6 Å². The number of hydrogen-bond donors (Lipinski definition) is 0. The van der Waals surface area contributed by atoms with Crippen LogP contribution in [0, 0.1) is 11.3 Å². The zero-order valence-electron chi connectivity index (χ0n) is 12.3. The van der Waals surface area contributed by atoms with Crippen LogP contribution in [0.25, 0.3) is 6.08 Å². The minimum absolute atomic E-state index is 0.465. The van der Waals surface area contributed by atoms with Crippen molar-refractivity contribution < 1.29 is 9.47 Å². The number of nitriles is 1. The van der Waals surface area contributed by atoms with E-state index in [9.17, 15) is 0 Å². The Bertz CT molecular complexity index is 690. The molecule has 0 fully saturated rings. The third-order valence-corrected chi connectivity index (χ3v) is 3.50. The van der Waals surface area contributed by atoms with Crippen LogP contribution in [0.3, 0.4) is 0 Å². The first-order valence-electron chi connectivity index (χ1n) is 6.93. The van der Waals surface area contributed by atoms with Crippen LogP contribution in [0.2, 0.25) is 0 Å². The lowest BCUT2D eigenvalue weighted by Gasteiger charge is -2.14. The molecular formula is C18H16BrNO2. The maximum atomic E-state index is 8.63. The molecule has 0 aliphatic carbocycles. The minimum Gasteiger partial charge on any atom is -0.490 e. The van der Waals surface area contributed by atoms with E-state index in [1.54, 1.807) is 6.08 Å². The molecule has 0 spiro atoms. The molecule has 0 atom stereocenters. The Morgan fingerprint density at radius 3 is 2.64 bits per heavy atom. The highest BCUT2D eigenvalue weighted by Crippen LogP contribution is 2.37. The molecule has 22 heavy (non-hydrogen) atoms. The molecule has 112 valence electrons. The van der Waals surface area contributed by atoms with Gasteiger partial charge in [0.1, 0.15) is 6.61 Å². The van der Waals surface area contributed by atoms with E-state index < -0.39 is 0 Å². The van der Waals surface area contributed by atoms with Crippen molar-refractivity contribution in [1.82, 2.24) is 0 Å². The Kier molecular flexibility index (Phi) is 6.05. The van der Waals surface area contributed by atoms with Crippen LogP contribution < -0.4 is 9.47 Å². The van der Waals surface area contributed by atoms with Gasteiger partial charge in [0.2, 0.25) is 0 Å². The van der Waals surface area contributed by atoms with Crippen LogP contribution in [0.1, 0.15) is 18.1 Å². The monoisotopic (exact) mass is 357 g/mol. The van der Waals surface area contributed by atoms with Gasteiger partial charge in [0.05, 0.1) is 17.1 Å². The highest BCUT2D eigenvalue weighted by atomic mass is 79.9. The molecule has 0 aliphatic heterocycles. The lowest BCUT2D eigenvalue weighted by atomic mass is 10.2. The average molecular weight is 358 g/mol. The quantitative estimate of drug-likeness (QED) is 0.685. The molecule has 0 aliphatic rings. The smallest absolute Gasteiger partial charge is 0.175 e. The van der Waals surface area contributed by atoms with E-state index in [1.165, 1.54) is 6.08 Å². The van der Waals surface area contributed by atoms with Crippen molar-refractivity contribution in [2.24, 2.45) is 0 Å². The molecule has 0 heterocycles. The molecule has 0 saturated carbocycles. The number of rotatable bonds is 6. The van der Waals surface area contributed by atoms with Crippen LogP contribution >= 0.6 is 15.9 Å². The summed E-state index contributed by atoms with van der Waals surface area (Å²) >= 11 is 3.51. The lowest BCUT2D eigenvalue weighted by molar-refractivity contribution is 0.267. The predicted octanol–water partition coefficient (Wildman–Crippen LogP) is 4.96. The van der Waals surface area contributed by atoms with Crippen molar-refractivity contribution in [1.29, 1.82) is 5.26 Å². The first-order chi connectivity index (χ1) is 10.7. The fourth-order valence-corrected chi connectivity index (χ4v) is 2.52. The fourth-order valence-electron chi connectivity index (χ4n) is 1.95. The molecule has 2 aromatic rings. The van der Waals surface area contributed by atoms with E-state index in [4.69, 9.17) is 14.7 Å². The second-order valence-corrected chi connectivity index (χ2v) is 5.35. The Morgan fingerprint density at radius 2 is 1.95 bits per heavy atom. The minimum atomic E-state index is 0.465. The number of hydrogen-bond acceptors (Lipinski definition) is 3. The third kappa shape index (κ3) is 4.37. The standard InChI is InChI=1S/C18H16BrNO2/c1-2-21-17-12-15(9-6-10-20)11-16(19)18(17)22-13-14-7-4-3-5-8-14/h3-9,11-12H,2,13H2,1H3. The summed E-state index contributed by atoms with van der Waals surface area (Å²) in [5.41, 5.74) is 1.97. The summed E-state index contributed by atoms with van der Waals surface area (Å²) in [6.45, 7) is 2.93. The van der Waals surface area contributed by atoms with Gasteiger partial charge in [-0.05, 0) is 52.2 Å². The first-order valence-corrected chi connectivity index (χ1v) is 7.73. The zero-order chi connectivity index (χ0) is 15.8. The van der Waals surface area contributed by atoms with Crippen molar-refractivity contribution in [3.05, 3.63) is 64.1 Å². The number of nitrogens with zero attached hydrogens (tertiary/aromatic N) is 1. The molecule has 0 aromatic heterocycles. The fraction of sp³-hybridized carbons (Fsp3) is 0.167. The molecule has 0 radical (unpaired) electrons. The van der Waals surface area contributed by atoms with Gasteiger partial charge in [-0.15, -0.1) is 0 Å². The summed E-state index contributed by atoms with van der Waals surface area (Å²) in [5.74, 6) is 1.32. The Balaban J connectivity index is 2.25. The van der Waals surface area contributed by atoms with Gasteiger partial charge in [-0.2, -0.15) is 5.26 Å². The summed E-state index contributed by atoms with van der Waals surface area (Å²) < 4.78 is 12.4. The van der Waals surface area contributed by atoms with Gasteiger partial charge in [0, 0.05) is 6.08 Å². The molecule has 0 bridgehead atoms. The molecular weight excluding hydrogens is 342 g/mol. The highest BCUT2D eigenvalue weighted by Gasteiger charge is 2.11. The number of ether oxygens (including phenoxy) is 2. The van der Waals surface area contributed by atoms with Crippen molar-refractivity contribution in [3.63, 3.8) is 0 Å². The molecule has 0 amide bonds. The van der Waals surface area contributed by atoms with E-state index in [1.807, 2.05) is 55.5 Å². The van der Waals surface area contributed by atoms with E-state index in [2.05, 4.69) is 15.9 Å². The van der Waals surface area contributed by atoms with E-state index >= 15 is 0 Å². The van der Waals surface area contributed by atoms with Crippen molar-refractivity contribution in [2.45, 2.75) is 13.5 Å². The van der Waals surface area contributed by atoms with Gasteiger partial charge in [0.25, 0.3) is 0 Å². The topological polar surface area (TPSA) is 42.2 Å². The summed E-state index contributed by atoms with van der Waals surface area (Å²) in [5, 5.41) is 8.63. The summed E-state index contributed by atoms with van der Waals surface area (Å²) in [6, 6.07) is 15.7. The van der Waals surface area contributed by atoms with Crippen LogP contribution in [0.15, 0.2) is 53.0 Å². The lowest BCUT2D eigenvalue weighted by Crippen LogP contribution is -2.01. The number of allylic oxidation sites excluding steroid dienone is 1. The van der Waals surface area contributed by atoms with Crippen molar-refractivity contribution >= 4 is 22.0 Å². The number of benzene rings is 2. The van der Waals surface area contributed by atoms with Gasteiger partial charge in [-0.25, -0.2) is 0 Å². The molecule has 2 rings (SSSR count). The van der Waals surface area contributed by atoms with Crippen molar-refractivity contribution in [3.8, 4) is 17.6 Å². The maximum absolute atomic E-state index is 8.63. The van der Waals surface area contributed by atoms with Crippen molar-refractivity contribution in [2.75, 3.05) is 6.61 Å². The predicted molar refractivity (Wildman–Crippen MR) is 90.7 cm³/mol. The highest BCUT2D eigenvalue weighted by molar-refractivity contribution is 9.10. The SMILES string of the molecule is CCOc1cc(C=CC#N)cc(Br)c1OCc1ccccc1. The van der Waals surface area contributed by atoms with Crippen LogP contribution in [0.4, 0.5) is 0 Å². The molecule has 0 unspecified atom stereocenters. The molecule has 2 aromatic carbocycles. The largest absolute Gasteiger partial charge is 0.490 e. The Morgan fingerprint density at radius 1 is 1.18 bits per heavy atom. The second-order valence-electron chi connectivity index (χ2n) is 4.50. The summed E-state index contributed by atoms with van der Waals surface area (Å²) in [7, 11) is 0. The normalized spacial score (nSPS) is 10.4. The number of halogens is 1.